The number of hydrogen-bond acceptors (Lipinski definition) is 4. The lowest BCUT2D eigenvalue weighted by atomic mass is 10.2. The number of hydrogen-bond donors (Lipinski definition) is 2. The van der Waals surface area contributed by atoms with Crippen molar-refractivity contribution in [2.75, 3.05) is 25.1 Å². The molecule has 0 amide bonds. The summed E-state index contributed by atoms with van der Waals surface area (Å²) in [5, 5.41) is 11.0. The van der Waals surface area contributed by atoms with Gasteiger partial charge in [-0.3, -0.25) is 0 Å². The first-order valence-electron chi connectivity index (χ1n) is 6.54. The fourth-order valence-electron chi connectivity index (χ4n) is 1.87. The van der Waals surface area contributed by atoms with E-state index in [-0.39, 0.29) is 6.10 Å². The molecule has 1 saturated heterocycles. The number of anilines is 1. The SMILES string of the molecule is CCOCn1cc(NC(=S)NCC2CCCO2)cn1. The lowest BCUT2D eigenvalue weighted by molar-refractivity contribution is 0.0792. The summed E-state index contributed by atoms with van der Waals surface area (Å²) < 4.78 is 12.5. The van der Waals surface area contributed by atoms with E-state index in [1.807, 2.05) is 13.1 Å². The molecule has 19 heavy (non-hydrogen) atoms. The Hall–Kier alpha value is -1.18. The van der Waals surface area contributed by atoms with Gasteiger partial charge in [-0.1, -0.05) is 0 Å². The third kappa shape index (κ3) is 4.77. The Labute approximate surface area is 118 Å². The van der Waals surface area contributed by atoms with Crippen LogP contribution in [0.2, 0.25) is 0 Å². The van der Waals surface area contributed by atoms with Gasteiger partial charge in [-0.25, -0.2) is 4.68 Å². The molecule has 2 heterocycles. The molecule has 7 heteroatoms. The van der Waals surface area contributed by atoms with E-state index in [4.69, 9.17) is 21.7 Å². The van der Waals surface area contributed by atoms with E-state index >= 15 is 0 Å². The number of nitrogens with one attached hydrogen (secondary N) is 2. The van der Waals surface area contributed by atoms with Crippen LogP contribution in [0.25, 0.3) is 0 Å². The van der Waals surface area contributed by atoms with Crippen molar-refractivity contribution in [3.05, 3.63) is 12.4 Å². The van der Waals surface area contributed by atoms with Gasteiger partial charge >= 0.3 is 0 Å². The Kier molecular flexibility index (Phi) is 5.56. The molecule has 0 radical (unpaired) electrons. The minimum atomic E-state index is 0.278. The third-order valence-electron chi connectivity index (χ3n) is 2.83. The zero-order valence-corrected chi connectivity index (χ0v) is 11.9. The van der Waals surface area contributed by atoms with Crippen molar-refractivity contribution in [1.29, 1.82) is 0 Å². The van der Waals surface area contributed by atoms with Gasteiger partial charge < -0.3 is 20.1 Å². The smallest absolute Gasteiger partial charge is 0.170 e. The van der Waals surface area contributed by atoms with Gasteiger partial charge in [0, 0.05) is 19.8 Å². The van der Waals surface area contributed by atoms with Crippen molar-refractivity contribution < 1.29 is 9.47 Å². The van der Waals surface area contributed by atoms with Crippen LogP contribution in [0.5, 0.6) is 0 Å². The number of aromatic nitrogens is 2. The topological polar surface area (TPSA) is 60.3 Å². The summed E-state index contributed by atoms with van der Waals surface area (Å²) >= 11 is 5.22. The van der Waals surface area contributed by atoms with Crippen LogP contribution in [-0.2, 0) is 16.2 Å². The molecule has 1 aromatic rings. The van der Waals surface area contributed by atoms with Crippen LogP contribution >= 0.6 is 12.2 Å². The van der Waals surface area contributed by atoms with Crippen molar-refractivity contribution in [3.8, 4) is 0 Å². The van der Waals surface area contributed by atoms with E-state index in [0.29, 0.717) is 18.5 Å². The minimum Gasteiger partial charge on any atom is -0.376 e. The van der Waals surface area contributed by atoms with Gasteiger partial charge in [0.1, 0.15) is 6.73 Å². The predicted molar refractivity (Wildman–Crippen MR) is 77.1 cm³/mol. The molecule has 1 aliphatic heterocycles. The van der Waals surface area contributed by atoms with Crippen LogP contribution in [0, 0.1) is 0 Å². The first kappa shape index (κ1) is 14.2. The fourth-order valence-corrected chi connectivity index (χ4v) is 2.07. The highest BCUT2D eigenvalue weighted by atomic mass is 32.1. The summed E-state index contributed by atoms with van der Waals surface area (Å²) in [6, 6.07) is 0. The van der Waals surface area contributed by atoms with Crippen molar-refractivity contribution in [3.63, 3.8) is 0 Å². The standard InChI is InChI=1S/C12H20N4O2S/c1-2-17-9-16-8-10(6-14-16)15-12(19)13-7-11-4-3-5-18-11/h6,8,11H,2-5,7,9H2,1H3,(H2,13,15,19). The molecule has 0 aliphatic carbocycles. The van der Waals surface area contributed by atoms with Crippen molar-refractivity contribution in [1.82, 2.24) is 15.1 Å². The van der Waals surface area contributed by atoms with E-state index in [0.717, 1.165) is 31.7 Å². The molecular formula is C12H20N4O2S. The predicted octanol–water partition coefficient (Wildman–Crippen LogP) is 1.34. The summed E-state index contributed by atoms with van der Waals surface area (Å²) in [5.41, 5.74) is 0.851. The summed E-state index contributed by atoms with van der Waals surface area (Å²) in [7, 11) is 0. The van der Waals surface area contributed by atoms with Gasteiger partial charge in [0.2, 0.25) is 0 Å². The second kappa shape index (κ2) is 7.42. The molecule has 1 unspecified atom stereocenters. The number of nitrogens with zero attached hydrogens (tertiary/aromatic N) is 2. The number of thiocarbonyl (C=S) groups is 1. The van der Waals surface area contributed by atoms with Crippen molar-refractivity contribution in [2.24, 2.45) is 0 Å². The van der Waals surface area contributed by atoms with Gasteiger partial charge in [0.25, 0.3) is 0 Å². The highest BCUT2D eigenvalue weighted by Crippen LogP contribution is 2.10. The molecule has 0 spiro atoms. The molecule has 1 atom stereocenters. The number of rotatable bonds is 6. The largest absolute Gasteiger partial charge is 0.376 e. The van der Waals surface area contributed by atoms with Crippen molar-refractivity contribution in [2.45, 2.75) is 32.6 Å². The van der Waals surface area contributed by atoms with E-state index in [2.05, 4.69) is 15.7 Å². The van der Waals surface area contributed by atoms with Crippen LogP contribution in [0.15, 0.2) is 12.4 Å². The Morgan fingerprint density at radius 1 is 1.68 bits per heavy atom. The lowest BCUT2D eigenvalue weighted by Crippen LogP contribution is -2.34. The van der Waals surface area contributed by atoms with Gasteiger partial charge in [-0.2, -0.15) is 5.10 Å². The van der Waals surface area contributed by atoms with Crippen LogP contribution in [0.1, 0.15) is 19.8 Å². The lowest BCUT2D eigenvalue weighted by Gasteiger charge is -2.12. The molecule has 2 N–H and O–H groups in total. The Bertz CT molecular complexity index is 404. The molecule has 0 aromatic carbocycles. The Balaban J connectivity index is 1.70. The fraction of sp³-hybridized carbons (Fsp3) is 0.667. The highest BCUT2D eigenvalue weighted by Gasteiger charge is 2.15. The maximum absolute atomic E-state index is 5.52. The second-order valence-electron chi connectivity index (χ2n) is 4.36. The average molecular weight is 284 g/mol. The summed E-state index contributed by atoms with van der Waals surface area (Å²) in [6.45, 7) is 4.68. The molecule has 1 aliphatic rings. The van der Waals surface area contributed by atoms with Gasteiger partial charge in [0.05, 0.1) is 24.2 Å². The van der Waals surface area contributed by atoms with Crippen LogP contribution in [0.3, 0.4) is 0 Å². The van der Waals surface area contributed by atoms with E-state index in [1.165, 1.54) is 0 Å². The molecule has 6 nitrogen and oxygen atoms in total. The molecule has 1 fully saturated rings. The van der Waals surface area contributed by atoms with Crippen LogP contribution in [0.4, 0.5) is 5.69 Å². The molecule has 1 aromatic heterocycles. The Morgan fingerprint density at radius 3 is 3.32 bits per heavy atom. The third-order valence-corrected chi connectivity index (χ3v) is 3.08. The quantitative estimate of drug-likeness (QED) is 0.769. The minimum absolute atomic E-state index is 0.278. The van der Waals surface area contributed by atoms with E-state index in [9.17, 15) is 0 Å². The first-order chi connectivity index (χ1) is 9.28. The summed E-state index contributed by atoms with van der Waals surface area (Å²) in [4.78, 5) is 0. The second-order valence-corrected chi connectivity index (χ2v) is 4.77. The van der Waals surface area contributed by atoms with Gasteiger partial charge in [0.15, 0.2) is 5.11 Å². The summed E-state index contributed by atoms with van der Waals surface area (Å²) in [6.07, 6.45) is 6.09. The molecule has 0 saturated carbocycles. The van der Waals surface area contributed by atoms with Crippen LogP contribution < -0.4 is 10.6 Å². The Morgan fingerprint density at radius 2 is 2.58 bits per heavy atom. The van der Waals surface area contributed by atoms with Gasteiger partial charge in [-0.05, 0) is 32.0 Å². The first-order valence-corrected chi connectivity index (χ1v) is 6.95. The highest BCUT2D eigenvalue weighted by molar-refractivity contribution is 7.80. The van der Waals surface area contributed by atoms with Crippen molar-refractivity contribution >= 4 is 23.0 Å². The maximum atomic E-state index is 5.52. The zero-order valence-electron chi connectivity index (χ0n) is 11.1. The molecule has 0 bridgehead atoms. The zero-order chi connectivity index (χ0) is 13.5. The van der Waals surface area contributed by atoms with E-state index in [1.54, 1.807) is 10.9 Å². The van der Waals surface area contributed by atoms with Gasteiger partial charge in [-0.15, -0.1) is 0 Å². The molecule has 106 valence electrons. The normalized spacial score (nSPS) is 18.5. The summed E-state index contributed by atoms with van der Waals surface area (Å²) in [5.74, 6) is 0. The maximum Gasteiger partial charge on any atom is 0.170 e. The molecule has 2 rings (SSSR count). The molecular weight excluding hydrogens is 264 g/mol. The monoisotopic (exact) mass is 284 g/mol. The van der Waals surface area contributed by atoms with Crippen LogP contribution in [-0.4, -0.2) is 40.8 Å². The number of ether oxygens (including phenoxy) is 2. The average Bonchev–Trinajstić information content (AvgIpc) is 3.05. The van der Waals surface area contributed by atoms with E-state index < -0.39 is 0 Å².